The highest BCUT2D eigenvalue weighted by Gasteiger charge is 2.16. The van der Waals surface area contributed by atoms with Gasteiger partial charge in [0.05, 0.1) is 18.0 Å². The predicted molar refractivity (Wildman–Crippen MR) is 52.4 cm³/mol. The topological polar surface area (TPSA) is 35.0 Å². The summed E-state index contributed by atoms with van der Waals surface area (Å²) in [6.45, 7) is 0.895. The average Bonchev–Trinajstić information content (AvgIpc) is 2.57. The summed E-state index contributed by atoms with van der Waals surface area (Å²) in [5, 5.41) is 7.92. The fraction of sp³-hybridized carbons (Fsp3) is 0.556. The van der Waals surface area contributed by atoms with Crippen LogP contribution in [0.25, 0.3) is 0 Å². The molecule has 2 rings (SSSR count). The van der Waals surface area contributed by atoms with E-state index in [0.717, 1.165) is 29.6 Å². The van der Waals surface area contributed by atoms with Gasteiger partial charge in [0.25, 0.3) is 0 Å². The highest BCUT2D eigenvalue weighted by molar-refractivity contribution is 9.10. The van der Waals surface area contributed by atoms with Gasteiger partial charge in [-0.3, -0.25) is 0 Å². The van der Waals surface area contributed by atoms with Crippen LogP contribution in [0.2, 0.25) is 0 Å². The molecule has 1 aliphatic heterocycles. The average molecular weight is 243 g/mol. The van der Waals surface area contributed by atoms with Crippen molar-refractivity contribution < 1.29 is 4.74 Å². The van der Waals surface area contributed by atoms with Crippen LogP contribution >= 0.6 is 15.9 Å². The molecule has 13 heavy (non-hydrogen) atoms. The van der Waals surface area contributed by atoms with Crippen LogP contribution in [0.3, 0.4) is 0 Å². The van der Waals surface area contributed by atoms with Gasteiger partial charge in [-0.1, -0.05) is 0 Å². The molecule has 0 amide bonds. The zero-order chi connectivity index (χ0) is 9.10. The van der Waals surface area contributed by atoms with E-state index in [4.69, 9.17) is 4.74 Å². The summed E-state index contributed by atoms with van der Waals surface area (Å²) in [6.07, 6.45) is 5.25. The normalized spacial score (nSPS) is 22.1. The van der Waals surface area contributed by atoms with Crippen molar-refractivity contribution in [2.75, 3.05) is 6.61 Å². The van der Waals surface area contributed by atoms with Crippen molar-refractivity contribution in [1.29, 1.82) is 0 Å². The van der Waals surface area contributed by atoms with E-state index in [0.29, 0.717) is 6.10 Å². The lowest BCUT2D eigenvalue weighted by molar-refractivity contribution is 0.110. The molecule has 0 saturated carbocycles. The van der Waals surface area contributed by atoms with Gasteiger partial charge in [-0.2, -0.15) is 10.2 Å². The Hall–Kier alpha value is -0.480. The Labute approximate surface area is 85.6 Å². The van der Waals surface area contributed by atoms with E-state index in [1.807, 2.05) is 6.07 Å². The molecule has 1 atom stereocenters. The first kappa shape index (κ1) is 9.09. The van der Waals surface area contributed by atoms with Crippen LogP contribution in [-0.2, 0) is 11.2 Å². The number of rotatable bonds is 2. The standard InChI is InChI=1S/C9H11BrN2O/c10-7-4-8(12-11-6-7)5-9-2-1-3-13-9/h4,6,9H,1-3,5H2. The second-order valence-electron chi connectivity index (χ2n) is 3.20. The lowest BCUT2D eigenvalue weighted by Gasteiger charge is -2.07. The van der Waals surface area contributed by atoms with Crippen molar-refractivity contribution in [3.8, 4) is 0 Å². The largest absolute Gasteiger partial charge is 0.378 e. The van der Waals surface area contributed by atoms with Gasteiger partial charge in [0.1, 0.15) is 0 Å². The second-order valence-corrected chi connectivity index (χ2v) is 4.12. The van der Waals surface area contributed by atoms with Gasteiger partial charge in [-0.25, -0.2) is 0 Å². The van der Waals surface area contributed by atoms with Crippen molar-refractivity contribution in [1.82, 2.24) is 10.2 Å². The predicted octanol–water partition coefficient (Wildman–Crippen LogP) is 1.96. The zero-order valence-corrected chi connectivity index (χ0v) is 8.83. The fourth-order valence-electron chi connectivity index (χ4n) is 1.52. The number of aromatic nitrogens is 2. The van der Waals surface area contributed by atoms with Gasteiger partial charge in [-0.05, 0) is 34.8 Å². The quantitative estimate of drug-likeness (QED) is 0.796. The molecule has 1 aliphatic rings. The zero-order valence-electron chi connectivity index (χ0n) is 7.24. The maximum absolute atomic E-state index is 5.51. The van der Waals surface area contributed by atoms with Crippen LogP contribution in [0, 0.1) is 0 Å². The molecule has 0 N–H and O–H groups in total. The van der Waals surface area contributed by atoms with Gasteiger partial charge in [0.15, 0.2) is 0 Å². The molecule has 0 aliphatic carbocycles. The lowest BCUT2D eigenvalue weighted by Crippen LogP contribution is -2.10. The molecule has 2 heterocycles. The molecule has 0 radical (unpaired) electrons. The Morgan fingerprint density at radius 2 is 2.54 bits per heavy atom. The molecule has 1 saturated heterocycles. The van der Waals surface area contributed by atoms with Crippen LogP contribution < -0.4 is 0 Å². The van der Waals surface area contributed by atoms with E-state index in [1.165, 1.54) is 6.42 Å². The maximum atomic E-state index is 5.51. The summed E-state index contributed by atoms with van der Waals surface area (Å²) in [7, 11) is 0. The van der Waals surface area contributed by atoms with Crippen LogP contribution in [0.1, 0.15) is 18.5 Å². The molecule has 0 bridgehead atoms. The Balaban J connectivity index is 2.00. The molecular weight excluding hydrogens is 232 g/mol. The van der Waals surface area contributed by atoms with Gasteiger partial charge in [0.2, 0.25) is 0 Å². The Morgan fingerprint density at radius 3 is 3.23 bits per heavy atom. The minimum atomic E-state index is 0.351. The summed E-state index contributed by atoms with van der Waals surface area (Å²) in [6, 6.07) is 1.99. The smallest absolute Gasteiger partial charge is 0.0668 e. The van der Waals surface area contributed by atoms with E-state index in [9.17, 15) is 0 Å². The third-order valence-electron chi connectivity index (χ3n) is 2.13. The minimum Gasteiger partial charge on any atom is -0.378 e. The number of hydrogen-bond donors (Lipinski definition) is 0. The highest BCUT2D eigenvalue weighted by atomic mass is 79.9. The molecule has 3 nitrogen and oxygen atoms in total. The van der Waals surface area contributed by atoms with E-state index >= 15 is 0 Å². The summed E-state index contributed by atoms with van der Waals surface area (Å²) in [5.41, 5.74) is 1.00. The third-order valence-corrected chi connectivity index (χ3v) is 2.57. The first-order chi connectivity index (χ1) is 6.34. The van der Waals surface area contributed by atoms with Gasteiger partial charge in [-0.15, -0.1) is 0 Å². The van der Waals surface area contributed by atoms with E-state index in [1.54, 1.807) is 6.20 Å². The molecule has 70 valence electrons. The fourth-order valence-corrected chi connectivity index (χ4v) is 1.88. The molecule has 1 fully saturated rings. The Morgan fingerprint density at radius 1 is 1.62 bits per heavy atom. The third kappa shape index (κ3) is 2.48. The number of nitrogens with zero attached hydrogens (tertiary/aromatic N) is 2. The van der Waals surface area contributed by atoms with Crippen molar-refractivity contribution in [2.24, 2.45) is 0 Å². The van der Waals surface area contributed by atoms with Gasteiger partial charge >= 0.3 is 0 Å². The highest BCUT2D eigenvalue weighted by Crippen LogP contribution is 2.17. The second kappa shape index (κ2) is 4.15. The molecule has 0 aromatic carbocycles. The van der Waals surface area contributed by atoms with Crippen molar-refractivity contribution in [2.45, 2.75) is 25.4 Å². The van der Waals surface area contributed by atoms with Crippen molar-refractivity contribution >= 4 is 15.9 Å². The maximum Gasteiger partial charge on any atom is 0.0668 e. The summed E-state index contributed by atoms with van der Waals surface area (Å²) in [5.74, 6) is 0. The van der Waals surface area contributed by atoms with E-state index in [2.05, 4.69) is 26.1 Å². The summed E-state index contributed by atoms with van der Waals surface area (Å²) in [4.78, 5) is 0. The molecule has 1 unspecified atom stereocenters. The SMILES string of the molecule is Brc1cnnc(CC2CCCO2)c1. The lowest BCUT2D eigenvalue weighted by atomic mass is 10.1. The molecule has 0 spiro atoms. The van der Waals surface area contributed by atoms with Crippen molar-refractivity contribution in [3.63, 3.8) is 0 Å². The summed E-state index contributed by atoms with van der Waals surface area (Å²) < 4.78 is 6.50. The first-order valence-electron chi connectivity index (χ1n) is 4.43. The Bertz CT molecular complexity index is 287. The number of hydrogen-bond acceptors (Lipinski definition) is 3. The molecular formula is C9H11BrN2O. The minimum absolute atomic E-state index is 0.351. The molecule has 1 aromatic rings. The van der Waals surface area contributed by atoms with Crippen molar-refractivity contribution in [3.05, 3.63) is 22.4 Å². The summed E-state index contributed by atoms with van der Waals surface area (Å²) >= 11 is 3.37. The Kier molecular flexibility index (Phi) is 2.90. The monoisotopic (exact) mass is 242 g/mol. The molecule has 1 aromatic heterocycles. The van der Waals surface area contributed by atoms with E-state index < -0.39 is 0 Å². The first-order valence-corrected chi connectivity index (χ1v) is 5.22. The number of halogens is 1. The van der Waals surface area contributed by atoms with Gasteiger partial charge < -0.3 is 4.74 Å². The molecule has 4 heteroatoms. The van der Waals surface area contributed by atoms with Crippen LogP contribution in [-0.4, -0.2) is 22.9 Å². The van der Waals surface area contributed by atoms with Crippen LogP contribution in [0.15, 0.2) is 16.7 Å². The van der Waals surface area contributed by atoms with Gasteiger partial charge in [0, 0.05) is 17.5 Å². The number of ether oxygens (including phenoxy) is 1. The van der Waals surface area contributed by atoms with Crippen LogP contribution in [0.5, 0.6) is 0 Å². The van der Waals surface area contributed by atoms with E-state index in [-0.39, 0.29) is 0 Å². The van der Waals surface area contributed by atoms with Crippen LogP contribution in [0.4, 0.5) is 0 Å².